The molecule has 1 aliphatic carbocycles. The van der Waals surface area contributed by atoms with Gasteiger partial charge in [-0.05, 0) is 56.4 Å². The van der Waals surface area contributed by atoms with Gasteiger partial charge in [0.1, 0.15) is 11.5 Å². The second kappa shape index (κ2) is 5.97. The summed E-state index contributed by atoms with van der Waals surface area (Å²) in [7, 11) is 0. The Morgan fingerprint density at radius 1 is 1.19 bits per heavy atom. The number of aryl methyl sites for hydroxylation is 1. The number of fused-ring (bicyclic) bond motifs is 1. The number of H-pyrrole nitrogens is 2. The van der Waals surface area contributed by atoms with Crippen molar-refractivity contribution in [3.63, 3.8) is 0 Å². The molecule has 3 aromatic rings. The number of carbonyl (C=O) groups is 1. The molecule has 1 amide bonds. The van der Waals surface area contributed by atoms with Gasteiger partial charge in [0.2, 0.25) is 0 Å². The molecule has 1 aromatic carbocycles. The van der Waals surface area contributed by atoms with E-state index in [9.17, 15) is 4.79 Å². The Kier molecular flexibility index (Phi) is 3.58. The van der Waals surface area contributed by atoms with Crippen LogP contribution in [0.15, 0.2) is 24.3 Å². The summed E-state index contributed by atoms with van der Waals surface area (Å²) in [5.41, 5.74) is 4.95. The fourth-order valence-electron chi connectivity index (χ4n) is 3.93. The number of hydrogen-bond acceptors (Lipinski definition) is 3. The summed E-state index contributed by atoms with van der Waals surface area (Å²) < 4.78 is 0. The van der Waals surface area contributed by atoms with Crippen LogP contribution in [0.3, 0.4) is 0 Å². The van der Waals surface area contributed by atoms with E-state index >= 15 is 0 Å². The van der Waals surface area contributed by atoms with Gasteiger partial charge in [0, 0.05) is 30.6 Å². The van der Waals surface area contributed by atoms with Crippen LogP contribution in [0.1, 0.15) is 65.1 Å². The maximum Gasteiger partial charge on any atom is 0.274 e. The smallest absolute Gasteiger partial charge is 0.274 e. The monoisotopic (exact) mass is 349 g/mol. The Hall–Kier alpha value is -2.63. The highest BCUT2D eigenvalue weighted by molar-refractivity contribution is 5.92. The topological polar surface area (TPSA) is 77.7 Å². The molecule has 2 fully saturated rings. The molecule has 1 atom stereocenters. The van der Waals surface area contributed by atoms with E-state index in [-0.39, 0.29) is 11.8 Å². The molecule has 26 heavy (non-hydrogen) atoms. The van der Waals surface area contributed by atoms with Gasteiger partial charge in [-0.3, -0.25) is 9.89 Å². The van der Waals surface area contributed by atoms with E-state index in [1.807, 2.05) is 11.0 Å². The summed E-state index contributed by atoms with van der Waals surface area (Å²) >= 11 is 0. The normalized spacial score (nSPS) is 20.7. The molecule has 2 N–H and O–H groups in total. The van der Waals surface area contributed by atoms with Crippen LogP contribution in [0.4, 0.5) is 0 Å². The standard InChI is InChI=1S/C20H23N5O/c1-12-4-7-15-17(9-12)22-19(21-15)14-3-2-8-25(11-14)20(26)18-10-16(23-24-18)13-5-6-13/h4,7,9-10,13-14H,2-3,5-6,8,11H2,1H3,(H,21,22)(H,23,24)/t14-/m0/s1. The van der Waals surface area contributed by atoms with Crippen molar-refractivity contribution in [2.75, 3.05) is 13.1 Å². The molecule has 0 radical (unpaired) electrons. The molecule has 2 aliphatic rings. The molecule has 3 heterocycles. The number of aromatic amines is 2. The van der Waals surface area contributed by atoms with Crippen LogP contribution in [-0.4, -0.2) is 44.1 Å². The first-order chi connectivity index (χ1) is 12.7. The van der Waals surface area contributed by atoms with Gasteiger partial charge < -0.3 is 9.88 Å². The van der Waals surface area contributed by atoms with Gasteiger partial charge in [0.15, 0.2) is 0 Å². The molecule has 1 saturated heterocycles. The van der Waals surface area contributed by atoms with E-state index in [1.54, 1.807) is 0 Å². The first-order valence-corrected chi connectivity index (χ1v) is 9.48. The Labute approximate surface area is 152 Å². The number of rotatable bonds is 3. The summed E-state index contributed by atoms with van der Waals surface area (Å²) in [5.74, 6) is 1.85. The zero-order chi connectivity index (χ0) is 17.7. The highest BCUT2D eigenvalue weighted by Crippen LogP contribution is 2.39. The summed E-state index contributed by atoms with van der Waals surface area (Å²) in [4.78, 5) is 23.0. The fraction of sp³-hybridized carbons (Fsp3) is 0.450. The second-order valence-electron chi connectivity index (χ2n) is 7.72. The van der Waals surface area contributed by atoms with Crippen LogP contribution in [0.25, 0.3) is 11.0 Å². The minimum Gasteiger partial charge on any atom is -0.342 e. The third kappa shape index (κ3) is 2.79. The molecule has 134 valence electrons. The third-order valence-corrected chi connectivity index (χ3v) is 5.58. The predicted molar refractivity (Wildman–Crippen MR) is 99.3 cm³/mol. The van der Waals surface area contributed by atoms with E-state index < -0.39 is 0 Å². The van der Waals surface area contributed by atoms with Crippen LogP contribution >= 0.6 is 0 Å². The predicted octanol–water partition coefficient (Wildman–Crippen LogP) is 3.49. The number of hydrogen-bond donors (Lipinski definition) is 2. The summed E-state index contributed by atoms with van der Waals surface area (Å²) in [6.07, 6.45) is 4.45. The molecular formula is C20H23N5O. The molecule has 2 aromatic heterocycles. The fourth-order valence-corrected chi connectivity index (χ4v) is 3.93. The van der Waals surface area contributed by atoms with Crippen LogP contribution in [0.5, 0.6) is 0 Å². The zero-order valence-corrected chi connectivity index (χ0v) is 15.0. The second-order valence-corrected chi connectivity index (χ2v) is 7.72. The lowest BCUT2D eigenvalue weighted by molar-refractivity contribution is 0.0699. The molecule has 0 spiro atoms. The van der Waals surface area contributed by atoms with Crippen molar-refractivity contribution in [1.82, 2.24) is 25.1 Å². The van der Waals surface area contributed by atoms with Crippen molar-refractivity contribution < 1.29 is 4.79 Å². The Morgan fingerprint density at radius 3 is 2.92 bits per heavy atom. The van der Waals surface area contributed by atoms with Gasteiger partial charge in [-0.25, -0.2) is 4.98 Å². The first kappa shape index (κ1) is 15.6. The molecule has 0 bridgehead atoms. The van der Waals surface area contributed by atoms with E-state index in [0.717, 1.165) is 41.9 Å². The summed E-state index contributed by atoms with van der Waals surface area (Å²) in [5, 5.41) is 7.29. The molecule has 1 saturated carbocycles. The highest BCUT2D eigenvalue weighted by Gasteiger charge is 2.30. The molecule has 6 heteroatoms. The lowest BCUT2D eigenvalue weighted by Gasteiger charge is -2.31. The number of nitrogens with one attached hydrogen (secondary N) is 2. The number of nitrogens with zero attached hydrogens (tertiary/aromatic N) is 3. The molecule has 0 unspecified atom stereocenters. The zero-order valence-electron chi connectivity index (χ0n) is 15.0. The Bertz CT molecular complexity index is 968. The average molecular weight is 349 g/mol. The molecular weight excluding hydrogens is 326 g/mol. The number of piperidine rings is 1. The minimum absolute atomic E-state index is 0.0322. The van der Waals surface area contributed by atoms with Crippen LogP contribution in [0, 0.1) is 6.92 Å². The Balaban J connectivity index is 1.35. The van der Waals surface area contributed by atoms with Crippen molar-refractivity contribution in [3.05, 3.63) is 47.0 Å². The van der Waals surface area contributed by atoms with Gasteiger partial charge in [0.25, 0.3) is 5.91 Å². The lowest BCUT2D eigenvalue weighted by Crippen LogP contribution is -2.39. The maximum atomic E-state index is 12.9. The highest BCUT2D eigenvalue weighted by atomic mass is 16.2. The van der Waals surface area contributed by atoms with E-state index in [4.69, 9.17) is 4.98 Å². The van der Waals surface area contributed by atoms with Crippen molar-refractivity contribution >= 4 is 16.9 Å². The van der Waals surface area contributed by atoms with Crippen molar-refractivity contribution in [3.8, 4) is 0 Å². The molecule has 5 rings (SSSR count). The number of benzene rings is 1. The summed E-state index contributed by atoms with van der Waals surface area (Å²) in [6.45, 7) is 3.57. The van der Waals surface area contributed by atoms with E-state index in [2.05, 4.69) is 40.3 Å². The van der Waals surface area contributed by atoms with Gasteiger partial charge in [-0.15, -0.1) is 0 Å². The quantitative estimate of drug-likeness (QED) is 0.760. The lowest BCUT2D eigenvalue weighted by atomic mass is 9.97. The van der Waals surface area contributed by atoms with Crippen molar-refractivity contribution in [1.29, 1.82) is 0 Å². The maximum absolute atomic E-state index is 12.9. The third-order valence-electron chi connectivity index (χ3n) is 5.58. The van der Waals surface area contributed by atoms with E-state index in [0.29, 0.717) is 18.2 Å². The number of imidazole rings is 1. The number of amides is 1. The van der Waals surface area contributed by atoms with Gasteiger partial charge in [0.05, 0.1) is 11.0 Å². The number of likely N-dealkylation sites (tertiary alicyclic amines) is 1. The van der Waals surface area contributed by atoms with E-state index in [1.165, 1.54) is 18.4 Å². The van der Waals surface area contributed by atoms with Crippen molar-refractivity contribution in [2.24, 2.45) is 0 Å². The van der Waals surface area contributed by atoms with Gasteiger partial charge in [-0.1, -0.05) is 6.07 Å². The number of carbonyl (C=O) groups excluding carboxylic acids is 1. The number of aromatic nitrogens is 4. The van der Waals surface area contributed by atoms with Gasteiger partial charge >= 0.3 is 0 Å². The first-order valence-electron chi connectivity index (χ1n) is 9.48. The van der Waals surface area contributed by atoms with Crippen LogP contribution in [-0.2, 0) is 0 Å². The largest absolute Gasteiger partial charge is 0.342 e. The molecule has 6 nitrogen and oxygen atoms in total. The SMILES string of the molecule is Cc1ccc2nc([C@H]3CCCN(C(=O)c4cc(C5CC5)[nH]n4)C3)[nH]c2c1. The molecule has 1 aliphatic heterocycles. The van der Waals surface area contributed by atoms with Crippen molar-refractivity contribution in [2.45, 2.75) is 44.4 Å². The van der Waals surface area contributed by atoms with Gasteiger partial charge in [-0.2, -0.15) is 5.10 Å². The minimum atomic E-state index is 0.0322. The van der Waals surface area contributed by atoms with Crippen LogP contribution < -0.4 is 0 Å². The average Bonchev–Trinajstić information content (AvgIpc) is 3.24. The van der Waals surface area contributed by atoms with Crippen LogP contribution in [0.2, 0.25) is 0 Å². The Morgan fingerprint density at radius 2 is 2.08 bits per heavy atom. The summed E-state index contributed by atoms with van der Waals surface area (Å²) in [6, 6.07) is 8.20.